The van der Waals surface area contributed by atoms with Crippen molar-refractivity contribution in [2.45, 2.75) is 12.2 Å². The molecule has 0 aromatic rings. The van der Waals surface area contributed by atoms with Crippen LogP contribution in [0.25, 0.3) is 0 Å². The van der Waals surface area contributed by atoms with Gasteiger partial charge in [0.2, 0.25) is 0 Å². The quantitative estimate of drug-likeness (QED) is 0.542. The maximum absolute atomic E-state index is 9.15. The lowest BCUT2D eigenvalue weighted by molar-refractivity contribution is -0.0507. The highest BCUT2D eigenvalue weighted by atomic mass is 16.5. The number of methoxy groups -OCH3 is 1. The van der Waals surface area contributed by atoms with E-state index in [2.05, 4.69) is 5.32 Å². The lowest BCUT2D eigenvalue weighted by Gasteiger charge is -2.27. The summed E-state index contributed by atoms with van der Waals surface area (Å²) >= 11 is 0. The molecule has 0 radical (unpaired) electrons. The molecular weight excluding hydrogens is 146 g/mol. The van der Waals surface area contributed by atoms with Gasteiger partial charge in [0.1, 0.15) is 6.10 Å². The van der Waals surface area contributed by atoms with Gasteiger partial charge in [0, 0.05) is 20.2 Å². The minimum Gasteiger partial charge on any atom is -0.388 e. The monoisotopic (exact) mass is 161 g/mol. The SMILES string of the molecule is COCC(O)COC1CNC1. The minimum absolute atomic E-state index is 0.293. The number of nitrogens with one attached hydrogen (secondary N) is 1. The van der Waals surface area contributed by atoms with E-state index in [1.807, 2.05) is 0 Å². The van der Waals surface area contributed by atoms with E-state index in [9.17, 15) is 0 Å². The van der Waals surface area contributed by atoms with Gasteiger partial charge in [0.05, 0.1) is 19.3 Å². The Labute approximate surface area is 66.5 Å². The van der Waals surface area contributed by atoms with E-state index in [1.54, 1.807) is 7.11 Å². The van der Waals surface area contributed by atoms with Crippen LogP contribution >= 0.6 is 0 Å². The van der Waals surface area contributed by atoms with E-state index in [0.29, 0.717) is 19.3 Å². The topological polar surface area (TPSA) is 50.7 Å². The molecule has 0 saturated carbocycles. The van der Waals surface area contributed by atoms with Gasteiger partial charge in [0.25, 0.3) is 0 Å². The molecule has 4 nitrogen and oxygen atoms in total. The third kappa shape index (κ3) is 3.16. The van der Waals surface area contributed by atoms with Crippen molar-refractivity contribution in [3.63, 3.8) is 0 Å². The maximum Gasteiger partial charge on any atom is 0.101 e. The van der Waals surface area contributed by atoms with Crippen LogP contribution in [-0.2, 0) is 9.47 Å². The highest BCUT2D eigenvalue weighted by Crippen LogP contribution is 1.98. The Morgan fingerprint density at radius 1 is 1.55 bits per heavy atom. The maximum atomic E-state index is 9.15. The van der Waals surface area contributed by atoms with Crippen molar-refractivity contribution in [2.75, 3.05) is 33.4 Å². The number of aliphatic hydroxyl groups is 1. The van der Waals surface area contributed by atoms with E-state index in [-0.39, 0.29) is 0 Å². The van der Waals surface area contributed by atoms with Crippen molar-refractivity contribution in [3.05, 3.63) is 0 Å². The first-order valence-electron chi connectivity index (χ1n) is 3.82. The zero-order chi connectivity index (χ0) is 8.10. The summed E-state index contributed by atoms with van der Waals surface area (Å²) in [7, 11) is 1.56. The molecule has 0 amide bonds. The average molecular weight is 161 g/mol. The normalized spacial score (nSPS) is 21.3. The lowest BCUT2D eigenvalue weighted by Crippen LogP contribution is -2.49. The minimum atomic E-state index is -0.486. The summed E-state index contributed by atoms with van der Waals surface area (Å²) in [6.07, 6.45) is -0.192. The van der Waals surface area contributed by atoms with Gasteiger partial charge in [-0.05, 0) is 0 Å². The average Bonchev–Trinajstić information content (AvgIpc) is 1.85. The standard InChI is InChI=1S/C7H15NO3/c1-10-4-6(9)5-11-7-2-8-3-7/h6-9H,2-5H2,1H3. The van der Waals surface area contributed by atoms with Crippen LogP contribution < -0.4 is 5.32 Å². The molecular formula is C7H15NO3. The van der Waals surface area contributed by atoms with Crippen LogP contribution in [0.3, 0.4) is 0 Å². The smallest absolute Gasteiger partial charge is 0.101 e. The second-order valence-corrected chi connectivity index (χ2v) is 2.72. The van der Waals surface area contributed by atoms with Crippen LogP contribution in [-0.4, -0.2) is 50.7 Å². The highest BCUT2D eigenvalue weighted by Gasteiger charge is 2.18. The molecule has 1 aliphatic rings. The fourth-order valence-corrected chi connectivity index (χ4v) is 0.868. The zero-order valence-electron chi connectivity index (χ0n) is 6.75. The predicted molar refractivity (Wildman–Crippen MR) is 40.5 cm³/mol. The summed E-state index contributed by atoms with van der Waals surface area (Å²) in [5.41, 5.74) is 0. The van der Waals surface area contributed by atoms with Crippen molar-refractivity contribution in [3.8, 4) is 0 Å². The molecule has 4 heteroatoms. The fraction of sp³-hybridized carbons (Fsp3) is 1.00. The van der Waals surface area contributed by atoms with Crippen molar-refractivity contribution in [1.29, 1.82) is 0 Å². The van der Waals surface area contributed by atoms with Crippen LogP contribution in [0, 0.1) is 0 Å². The number of ether oxygens (including phenoxy) is 2. The summed E-state index contributed by atoms with van der Waals surface area (Å²) in [5, 5.41) is 12.2. The number of hydrogen-bond acceptors (Lipinski definition) is 4. The Balaban J connectivity index is 1.92. The Kier molecular flexibility index (Phi) is 3.79. The first-order valence-corrected chi connectivity index (χ1v) is 3.82. The highest BCUT2D eigenvalue weighted by molar-refractivity contribution is 4.75. The van der Waals surface area contributed by atoms with Crippen LogP contribution in [0.2, 0.25) is 0 Å². The molecule has 1 saturated heterocycles. The molecule has 0 spiro atoms. The van der Waals surface area contributed by atoms with Gasteiger partial charge in [-0.3, -0.25) is 0 Å². The first kappa shape index (κ1) is 8.93. The molecule has 2 N–H and O–H groups in total. The third-order valence-corrected chi connectivity index (χ3v) is 1.63. The van der Waals surface area contributed by atoms with Crippen molar-refractivity contribution >= 4 is 0 Å². The van der Waals surface area contributed by atoms with E-state index < -0.39 is 6.10 Å². The van der Waals surface area contributed by atoms with E-state index in [1.165, 1.54) is 0 Å². The Hall–Kier alpha value is -0.160. The Morgan fingerprint density at radius 2 is 2.27 bits per heavy atom. The molecule has 11 heavy (non-hydrogen) atoms. The molecule has 1 unspecified atom stereocenters. The number of rotatable bonds is 5. The van der Waals surface area contributed by atoms with E-state index in [0.717, 1.165) is 13.1 Å². The zero-order valence-corrected chi connectivity index (χ0v) is 6.75. The van der Waals surface area contributed by atoms with E-state index in [4.69, 9.17) is 14.6 Å². The van der Waals surface area contributed by atoms with Gasteiger partial charge in [-0.15, -0.1) is 0 Å². The summed E-state index contributed by atoms with van der Waals surface area (Å²) in [5.74, 6) is 0. The summed E-state index contributed by atoms with van der Waals surface area (Å²) in [6, 6.07) is 0. The van der Waals surface area contributed by atoms with Crippen molar-refractivity contribution in [2.24, 2.45) is 0 Å². The van der Waals surface area contributed by atoms with Crippen LogP contribution in [0.4, 0.5) is 0 Å². The van der Waals surface area contributed by atoms with Crippen molar-refractivity contribution in [1.82, 2.24) is 5.32 Å². The van der Waals surface area contributed by atoms with Crippen molar-refractivity contribution < 1.29 is 14.6 Å². The molecule has 1 heterocycles. The second kappa shape index (κ2) is 4.66. The van der Waals surface area contributed by atoms with Gasteiger partial charge in [-0.2, -0.15) is 0 Å². The second-order valence-electron chi connectivity index (χ2n) is 2.72. The molecule has 0 aromatic heterocycles. The van der Waals surface area contributed by atoms with Crippen LogP contribution in [0.15, 0.2) is 0 Å². The summed E-state index contributed by atoms with van der Waals surface area (Å²) < 4.78 is 10.0. The fourth-order valence-electron chi connectivity index (χ4n) is 0.868. The molecule has 0 aromatic carbocycles. The number of hydrogen-bond donors (Lipinski definition) is 2. The largest absolute Gasteiger partial charge is 0.388 e. The van der Waals surface area contributed by atoms with Gasteiger partial charge >= 0.3 is 0 Å². The van der Waals surface area contributed by atoms with Crippen LogP contribution in [0.5, 0.6) is 0 Å². The molecule has 1 aliphatic heterocycles. The third-order valence-electron chi connectivity index (χ3n) is 1.63. The molecule has 1 atom stereocenters. The Morgan fingerprint density at radius 3 is 2.73 bits per heavy atom. The van der Waals surface area contributed by atoms with Gasteiger partial charge in [-0.25, -0.2) is 0 Å². The van der Waals surface area contributed by atoms with Gasteiger partial charge in [0.15, 0.2) is 0 Å². The number of aliphatic hydroxyl groups excluding tert-OH is 1. The summed E-state index contributed by atoms with van der Waals surface area (Å²) in [6.45, 7) is 2.53. The van der Waals surface area contributed by atoms with E-state index >= 15 is 0 Å². The van der Waals surface area contributed by atoms with Gasteiger partial charge in [-0.1, -0.05) is 0 Å². The van der Waals surface area contributed by atoms with Gasteiger partial charge < -0.3 is 19.9 Å². The molecule has 1 fully saturated rings. The molecule has 1 rings (SSSR count). The Bertz CT molecular complexity index is 106. The molecule has 0 aliphatic carbocycles. The predicted octanol–water partition coefficient (Wildman–Crippen LogP) is -1.02. The molecule has 66 valence electrons. The summed E-state index contributed by atoms with van der Waals surface area (Å²) in [4.78, 5) is 0. The first-order chi connectivity index (χ1) is 5.33. The van der Waals surface area contributed by atoms with Crippen LogP contribution in [0.1, 0.15) is 0 Å². The molecule has 0 bridgehead atoms. The lowest BCUT2D eigenvalue weighted by atomic mass is 10.2.